The summed E-state index contributed by atoms with van der Waals surface area (Å²) in [4.78, 5) is 0. The summed E-state index contributed by atoms with van der Waals surface area (Å²) in [6.45, 7) is 0.975. The fraction of sp³-hybridized carbons (Fsp3) is 0.812. The lowest BCUT2D eigenvalue weighted by Gasteiger charge is -2.47. The van der Waals surface area contributed by atoms with E-state index in [0.717, 1.165) is 12.6 Å². The molecule has 1 heterocycles. The normalized spacial score (nSPS) is 26.7. The van der Waals surface area contributed by atoms with E-state index in [2.05, 4.69) is 16.5 Å². The van der Waals surface area contributed by atoms with Gasteiger partial charge in [0.25, 0.3) is 0 Å². The second-order valence-electron chi connectivity index (χ2n) is 6.55. The first-order valence-electron chi connectivity index (χ1n) is 8.00. The highest BCUT2D eigenvalue weighted by molar-refractivity contribution is 5.02. The van der Waals surface area contributed by atoms with Crippen molar-refractivity contribution in [1.82, 2.24) is 15.1 Å². The minimum absolute atomic E-state index is 0.620. The van der Waals surface area contributed by atoms with E-state index in [1.165, 1.54) is 63.5 Å². The summed E-state index contributed by atoms with van der Waals surface area (Å²) in [6.07, 6.45) is 14.8. The molecule has 0 saturated heterocycles. The van der Waals surface area contributed by atoms with Crippen molar-refractivity contribution in [2.24, 2.45) is 12.5 Å². The van der Waals surface area contributed by atoms with Crippen molar-refractivity contribution < 1.29 is 0 Å². The average molecular weight is 261 g/mol. The van der Waals surface area contributed by atoms with Crippen molar-refractivity contribution in [3.05, 3.63) is 18.0 Å². The minimum Gasteiger partial charge on any atom is -0.308 e. The summed E-state index contributed by atoms with van der Waals surface area (Å²) >= 11 is 0. The number of hydrogen-bond acceptors (Lipinski definition) is 2. The van der Waals surface area contributed by atoms with Crippen molar-refractivity contribution in [2.45, 2.75) is 70.4 Å². The lowest BCUT2D eigenvalue weighted by molar-refractivity contribution is 0.0733. The molecule has 0 aromatic carbocycles. The summed E-state index contributed by atoms with van der Waals surface area (Å²) in [5.74, 6) is 0. The predicted molar refractivity (Wildman–Crippen MR) is 77.8 cm³/mol. The highest BCUT2D eigenvalue weighted by atomic mass is 15.3. The van der Waals surface area contributed by atoms with E-state index in [9.17, 15) is 0 Å². The van der Waals surface area contributed by atoms with Crippen LogP contribution in [0.3, 0.4) is 0 Å². The van der Waals surface area contributed by atoms with E-state index in [4.69, 9.17) is 0 Å². The Labute approximate surface area is 116 Å². The standard InChI is InChI=1S/C16H27N3/c1-19-14(8-12-18-19)13-17-15-7-3-6-11-16(15)9-4-2-5-10-16/h8,12,15,17H,2-7,9-11,13H2,1H3/t15-/m0/s1. The number of aromatic nitrogens is 2. The third kappa shape index (κ3) is 2.71. The fourth-order valence-electron chi connectivity index (χ4n) is 4.28. The summed E-state index contributed by atoms with van der Waals surface area (Å²) in [7, 11) is 2.04. The van der Waals surface area contributed by atoms with Crippen molar-refractivity contribution in [2.75, 3.05) is 0 Å². The maximum absolute atomic E-state index is 4.26. The molecule has 1 N–H and O–H groups in total. The largest absolute Gasteiger partial charge is 0.308 e. The van der Waals surface area contributed by atoms with Crippen LogP contribution in [0.25, 0.3) is 0 Å². The van der Waals surface area contributed by atoms with Crippen LogP contribution in [0.4, 0.5) is 0 Å². The lowest BCUT2D eigenvalue weighted by Crippen LogP contribution is -2.48. The van der Waals surface area contributed by atoms with E-state index in [1.54, 1.807) is 0 Å². The van der Waals surface area contributed by atoms with Gasteiger partial charge in [0.05, 0.1) is 5.69 Å². The third-order valence-corrected chi connectivity index (χ3v) is 5.46. The molecule has 0 unspecified atom stereocenters. The molecule has 2 fully saturated rings. The van der Waals surface area contributed by atoms with Crippen molar-refractivity contribution in [1.29, 1.82) is 0 Å². The smallest absolute Gasteiger partial charge is 0.0518 e. The molecule has 2 aliphatic carbocycles. The fourth-order valence-corrected chi connectivity index (χ4v) is 4.28. The summed E-state index contributed by atoms with van der Waals surface area (Å²) in [5.41, 5.74) is 1.92. The Kier molecular flexibility index (Phi) is 3.92. The molecule has 3 rings (SSSR count). The first-order valence-corrected chi connectivity index (χ1v) is 8.00. The van der Waals surface area contributed by atoms with Gasteiger partial charge in [-0.2, -0.15) is 5.10 Å². The summed E-state index contributed by atoms with van der Waals surface area (Å²) in [6, 6.07) is 2.86. The van der Waals surface area contributed by atoms with Crippen LogP contribution in [0, 0.1) is 5.41 Å². The van der Waals surface area contributed by atoms with E-state index < -0.39 is 0 Å². The van der Waals surface area contributed by atoms with Crippen molar-refractivity contribution in [3.8, 4) is 0 Å². The topological polar surface area (TPSA) is 29.9 Å². The Morgan fingerprint density at radius 1 is 1.21 bits per heavy atom. The van der Waals surface area contributed by atoms with Crippen LogP contribution >= 0.6 is 0 Å². The lowest BCUT2D eigenvalue weighted by atomic mass is 9.62. The number of nitrogens with zero attached hydrogens (tertiary/aromatic N) is 2. The zero-order valence-corrected chi connectivity index (χ0v) is 12.2. The van der Waals surface area contributed by atoms with Gasteiger partial charge in [0.2, 0.25) is 0 Å². The zero-order valence-electron chi connectivity index (χ0n) is 12.2. The summed E-state index contributed by atoms with van der Waals surface area (Å²) in [5, 5.41) is 8.13. The average Bonchev–Trinajstić information content (AvgIpc) is 2.84. The van der Waals surface area contributed by atoms with Crippen LogP contribution in [0.15, 0.2) is 12.3 Å². The molecular formula is C16H27N3. The Hall–Kier alpha value is -0.830. The van der Waals surface area contributed by atoms with Crippen LogP contribution in [0.1, 0.15) is 63.5 Å². The van der Waals surface area contributed by atoms with Gasteiger partial charge >= 0.3 is 0 Å². The number of aryl methyl sites for hydroxylation is 1. The second kappa shape index (κ2) is 5.66. The Balaban J connectivity index is 1.65. The van der Waals surface area contributed by atoms with E-state index >= 15 is 0 Å². The quantitative estimate of drug-likeness (QED) is 0.903. The maximum Gasteiger partial charge on any atom is 0.0518 e. The monoisotopic (exact) mass is 261 g/mol. The molecule has 0 amide bonds. The second-order valence-corrected chi connectivity index (χ2v) is 6.55. The van der Waals surface area contributed by atoms with Gasteiger partial charge in [0.15, 0.2) is 0 Å². The molecule has 0 radical (unpaired) electrons. The number of nitrogens with one attached hydrogen (secondary N) is 1. The number of rotatable bonds is 3. The Morgan fingerprint density at radius 2 is 1.95 bits per heavy atom. The zero-order chi connectivity index (χ0) is 13.1. The van der Waals surface area contributed by atoms with Gasteiger partial charge in [-0.1, -0.05) is 32.1 Å². The van der Waals surface area contributed by atoms with E-state index in [1.807, 2.05) is 17.9 Å². The predicted octanol–water partition coefficient (Wildman–Crippen LogP) is 3.40. The molecule has 1 aromatic heterocycles. The highest BCUT2D eigenvalue weighted by Gasteiger charge is 2.40. The molecule has 0 aliphatic heterocycles. The van der Waals surface area contributed by atoms with Crippen molar-refractivity contribution in [3.63, 3.8) is 0 Å². The minimum atomic E-state index is 0.620. The molecule has 106 valence electrons. The van der Waals surface area contributed by atoms with Crippen LogP contribution < -0.4 is 5.32 Å². The maximum atomic E-state index is 4.26. The molecule has 3 heteroatoms. The van der Waals surface area contributed by atoms with Crippen LogP contribution in [0.5, 0.6) is 0 Å². The van der Waals surface area contributed by atoms with Gasteiger partial charge in [-0.15, -0.1) is 0 Å². The molecule has 1 atom stereocenters. The van der Waals surface area contributed by atoms with Gasteiger partial charge in [0, 0.05) is 25.8 Å². The molecule has 2 saturated carbocycles. The van der Waals surface area contributed by atoms with Gasteiger partial charge in [-0.05, 0) is 37.2 Å². The third-order valence-electron chi connectivity index (χ3n) is 5.46. The summed E-state index contributed by atoms with van der Waals surface area (Å²) < 4.78 is 1.99. The number of hydrogen-bond donors (Lipinski definition) is 1. The van der Waals surface area contributed by atoms with Crippen LogP contribution in [-0.4, -0.2) is 15.8 Å². The van der Waals surface area contributed by atoms with Crippen molar-refractivity contribution >= 4 is 0 Å². The molecule has 0 bridgehead atoms. The van der Waals surface area contributed by atoms with Gasteiger partial charge in [0.1, 0.15) is 0 Å². The molecule has 19 heavy (non-hydrogen) atoms. The molecular weight excluding hydrogens is 234 g/mol. The van der Waals surface area contributed by atoms with E-state index in [0.29, 0.717) is 5.41 Å². The molecule has 2 aliphatic rings. The Bertz CT molecular complexity index is 396. The molecule has 1 spiro atoms. The van der Waals surface area contributed by atoms with Gasteiger partial charge in [-0.25, -0.2) is 0 Å². The van der Waals surface area contributed by atoms with Crippen LogP contribution in [-0.2, 0) is 13.6 Å². The van der Waals surface area contributed by atoms with E-state index in [-0.39, 0.29) is 0 Å². The SMILES string of the molecule is Cn1nccc1CN[C@H]1CCCCC12CCCCC2. The van der Waals surface area contributed by atoms with Gasteiger partial charge in [-0.3, -0.25) is 4.68 Å². The highest BCUT2D eigenvalue weighted by Crippen LogP contribution is 2.47. The van der Waals surface area contributed by atoms with Crippen LogP contribution in [0.2, 0.25) is 0 Å². The first-order chi connectivity index (χ1) is 9.30. The Morgan fingerprint density at radius 3 is 2.63 bits per heavy atom. The molecule has 1 aromatic rings. The molecule has 3 nitrogen and oxygen atoms in total. The van der Waals surface area contributed by atoms with Gasteiger partial charge < -0.3 is 5.32 Å². The first kappa shape index (κ1) is 13.2.